The molecule has 122 valence electrons. The van der Waals surface area contributed by atoms with Gasteiger partial charge in [-0.25, -0.2) is 0 Å². The van der Waals surface area contributed by atoms with Gasteiger partial charge in [0.1, 0.15) is 24.4 Å². The molecule has 5 atom stereocenters. The first kappa shape index (κ1) is 20.7. The summed E-state index contributed by atoms with van der Waals surface area (Å²) in [4.78, 5) is 30.2. The third-order valence-electron chi connectivity index (χ3n) is 3.26. The molecule has 9 nitrogen and oxygen atoms in total. The first-order valence-electron chi connectivity index (χ1n) is 6.29. The van der Waals surface area contributed by atoms with E-state index in [1.54, 1.807) is 6.07 Å². The summed E-state index contributed by atoms with van der Waals surface area (Å²) < 4.78 is 20.1. The second-order valence-electron chi connectivity index (χ2n) is 4.83. The van der Waals surface area contributed by atoms with Crippen molar-refractivity contribution in [2.24, 2.45) is 5.73 Å². The minimum absolute atomic E-state index is 0. The van der Waals surface area contributed by atoms with Gasteiger partial charge in [-0.2, -0.15) is 0 Å². The molecular weight excluding hydrogens is 340 g/mol. The number of carbonyl (C=O) groups excluding carboxylic acids is 1. The van der Waals surface area contributed by atoms with Gasteiger partial charge in [-0.15, -0.1) is 0 Å². The molecule has 11 heteroatoms. The molecule has 0 radical (unpaired) electrons. The van der Waals surface area contributed by atoms with Crippen LogP contribution in [-0.2, 0) is 13.8 Å². The maximum atomic E-state index is 11.1. The van der Waals surface area contributed by atoms with Gasteiger partial charge in [0.15, 0.2) is 0 Å². The number of ether oxygens (including phenoxy) is 1. The molecule has 0 aromatic heterocycles. The monoisotopic (exact) mass is 355 g/mol. The number of amides is 1. The average molecular weight is 355 g/mol. The zero-order valence-electron chi connectivity index (χ0n) is 12.2. The van der Waals surface area contributed by atoms with Crippen LogP contribution in [0.5, 0.6) is 0 Å². The number of hydrogen-bond donors (Lipinski definition) is 4. The van der Waals surface area contributed by atoms with Crippen molar-refractivity contribution in [1.82, 2.24) is 0 Å². The Labute approximate surface area is 153 Å². The van der Waals surface area contributed by atoms with Crippen molar-refractivity contribution >= 4 is 13.7 Å². The number of aliphatic hydroxyl groups excluding tert-OH is 2. The van der Waals surface area contributed by atoms with E-state index in [1.165, 1.54) is 18.2 Å². The molecule has 1 aromatic rings. The number of phosphoric acid groups is 1. The molecule has 0 aliphatic carbocycles. The van der Waals surface area contributed by atoms with Crippen molar-refractivity contribution < 1.29 is 68.2 Å². The molecule has 1 aliphatic rings. The summed E-state index contributed by atoms with van der Waals surface area (Å²) in [7, 11) is -4.96. The van der Waals surface area contributed by atoms with Crippen molar-refractivity contribution in [2.75, 3.05) is 6.61 Å². The predicted molar refractivity (Wildman–Crippen MR) is 70.4 cm³/mol. The van der Waals surface area contributed by atoms with E-state index >= 15 is 0 Å². The number of primary amides is 1. The van der Waals surface area contributed by atoms with Gasteiger partial charge in [-0.1, -0.05) is 12.1 Å². The Morgan fingerprint density at radius 3 is 2.61 bits per heavy atom. The molecule has 0 saturated carbocycles. The Bertz CT molecular complexity index is 608. The SMILES string of the molecule is NC(=O)c1cccc(C2OC(COP(=O)([O-])O)C(O)C2O)c1.[Na+]. The molecule has 1 heterocycles. The summed E-state index contributed by atoms with van der Waals surface area (Å²) in [5.41, 5.74) is 5.75. The van der Waals surface area contributed by atoms with Crippen molar-refractivity contribution in [1.29, 1.82) is 0 Å². The minimum atomic E-state index is -4.96. The number of phosphoric ester groups is 1. The van der Waals surface area contributed by atoms with Gasteiger partial charge in [-0.05, 0) is 17.7 Å². The van der Waals surface area contributed by atoms with Crippen LogP contribution in [0.4, 0.5) is 0 Å². The van der Waals surface area contributed by atoms with E-state index in [2.05, 4.69) is 4.52 Å². The normalized spacial score (nSPS) is 29.6. The molecule has 1 aromatic carbocycles. The molecule has 1 fully saturated rings. The van der Waals surface area contributed by atoms with Gasteiger partial charge in [0, 0.05) is 5.56 Å². The first-order valence-corrected chi connectivity index (χ1v) is 7.78. The first-order chi connectivity index (χ1) is 10.2. The van der Waals surface area contributed by atoms with E-state index in [9.17, 15) is 24.5 Å². The molecule has 23 heavy (non-hydrogen) atoms. The molecule has 5 unspecified atom stereocenters. The fraction of sp³-hybridized carbons (Fsp3) is 0.417. The topological polar surface area (TPSA) is 162 Å². The summed E-state index contributed by atoms with van der Waals surface area (Å²) in [5, 5.41) is 19.8. The number of aliphatic hydroxyl groups is 2. The maximum Gasteiger partial charge on any atom is 1.00 e. The average Bonchev–Trinajstić information content (AvgIpc) is 2.72. The Balaban J connectivity index is 0.00000264. The van der Waals surface area contributed by atoms with Crippen molar-refractivity contribution in [3.05, 3.63) is 35.4 Å². The largest absolute Gasteiger partial charge is 1.00 e. The molecule has 5 N–H and O–H groups in total. The standard InChI is InChI=1S/C12H16NO8P.Na/c13-12(16)7-3-1-2-6(4-7)11-10(15)9(14)8(21-11)5-20-22(17,18)19;/h1-4,8-11,14-15H,5H2,(H2,13,16)(H2,17,18,19);/q;+1/p-1. The van der Waals surface area contributed by atoms with Gasteiger partial charge >= 0.3 is 29.6 Å². The van der Waals surface area contributed by atoms with Crippen LogP contribution in [0.3, 0.4) is 0 Å². The van der Waals surface area contributed by atoms with Crippen molar-refractivity contribution in [3.8, 4) is 0 Å². The fourth-order valence-corrected chi connectivity index (χ4v) is 2.53. The van der Waals surface area contributed by atoms with E-state index in [4.69, 9.17) is 15.4 Å². The Morgan fingerprint density at radius 2 is 2.04 bits per heavy atom. The van der Waals surface area contributed by atoms with Crippen LogP contribution in [0.25, 0.3) is 0 Å². The second-order valence-corrected chi connectivity index (χ2v) is 6.03. The third kappa shape index (κ3) is 5.33. The van der Waals surface area contributed by atoms with Crippen molar-refractivity contribution in [2.45, 2.75) is 24.4 Å². The van der Waals surface area contributed by atoms with Gasteiger partial charge in [0.25, 0.3) is 7.82 Å². The second kappa shape index (κ2) is 8.17. The molecule has 0 spiro atoms. The minimum Gasteiger partial charge on any atom is -0.756 e. The Morgan fingerprint density at radius 1 is 1.39 bits per heavy atom. The van der Waals surface area contributed by atoms with E-state index < -0.39 is 44.8 Å². The van der Waals surface area contributed by atoms with Crippen LogP contribution in [0.2, 0.25) is 0 Å². The molecular formula is C12H15NNaO8P. The quantitative estimate of drug-likeness (QED) is 0.303. The number of nitrogens with two attached hydrogens (primary N) is 1. The Hall–Kier alpha value is -0.320. The fourth-order valence-electron chi connectivity index (χ4n) is 2.20. The predicted octanol–water partition coefficient (Wildman–Crippen LogP) is -4.57. The summed E-state index contributed by atoms with van der Waals surface area (Å²) in [6, 6.07) is 5.96. The molecule has 1 saturated heterocycles. The van der Waals surface area contributed by atoms with Crippen LogP contribution in [0, 0.1) is 0 Å². The Kier molecular flexibility index (Phi) is 7.36. The van der Waals surface area contributed by atoms with Gasteiger partial charge in [0.05, 0.1) is 6.61 Å². The van der Waals surface area contributed by atoms with Crippen LogP contribution in [-0.4, -0.2) is 45.9 Å². The number of rotatable bonds is 5. The number of benzene rings is 1. The van der Waals surface area contributed by atoms with E-state index in [0.717, 1.165) is 0 Å². The molecule has 0 bridgehead atoms. The van der Waals surface area contributed by atoms with Crippen LogP contribution in [0.15, 0.2) is 24.3 Å². The summed E-state index contributed by atoms with van der Waals surface area (Å²) >= 11 is 0. The number of carbonyl (C=O) groups is 1. The molecule has 1 aliphatic heterocycles. The van der Waals surface area contributed by atoms with Gasteiger partial charge < -0.3 is 35.0 Å². The maximum absolute atomic E-state index is 11.1. The third-order valence-corrected chi connectivity index (χ3v) is 3.74. The van der Waals surface area contributed by atoms with Gasteiger partial charge in [0.2, 0.25) is 5.91 Å². The molecule has 1 amide bonds. The van der Waals surface area contributed by atoms with E-state index in [-0.39, 0.29) is 35.1 Å². The number of hydrogen-bond acceptors (Lipinski definition) is 7. The molecule has 2 rings (SSSR count). The van der Waals surface area contributed by atoms with Crippen LogP contribution < -0.4 is 40.2 Å². The van der Waals surface area contributed by atoms with Crippen LogP contribution in [0.1, 0.15) is 22.0 Å². The summed E-state index contributed by atoms with van der Waals surface area (Å²) in [6.07, 6.45) is -4.94. The smallest absolute Gasteiger partial charge is 0.756 e. The van der Waals surface area contributed by atoms with Crippen LogP contribution >= 0.6 is 7.82 Å². The zero-order chi connectivity index (χ0) is 16.5. The van der Waals surface area contributed by atoms with Gasteiger partial charge in [-0.3, -0.25) is 9.36 Å². The van der Waals surface area contributed by atoms with E-state index in [0.29, 0.717) is 5.56 Å². The summed E-state index contributed by atoms with van der Waals surface area (Å²) in [6.45, 7) is -0.651. The zero-order valence-corrected chi connectivity index (χ0v) is 15.1. The summed E-state index contributed by atoms with van der Waals surface area (Å²) in [5.74, 6) is -0.664. The van der Waals surface area contributed by atoms with Crippen molar-refractivity contribution in [3.63, 3.8) is 0 Å². The van der Waals surface area contributed by atoms with E-state index in [1.807, 2.05) is 0 Å².